The highest BCUT2D eigenvalue weighted by atomic mass is 16.8. The van der Waals surface area contributed by atoms with Crippen LogP contribution in [0.4, 0.5) is 0 Å². The van der Waals surface area contributed by atoms with E-state index in [9.17, 15) is 9.90 Å². The molecular weight excluding hydrogens is 216 g/mol. The SMILES string of the molecule is CC(=O)O[C@H]1COC(O)[C@@H]2OC(C)(C)O[C@@H]12. The molecule has 0 aromatic rings. The molecule has 16 heavy (non-hydrogen) atoms. The van der Waals surface area contributed by atoms with E-state index in [0.29, 0.717) is 0 Å². The molecule has 0 radical (unpaired) electrons. The average Bonchev–Trinajstić information content (AvgIpc) is 2.47. The Bertz CT molecular complexity index is 289. The van der Waals surface area contributed by atoms with E-state index in [4.69, 9.17) is 18.9 Å². The zero-order valence-corrected chi connectivity index (χ0v) is 9.50. The van der Waals surface area contributed by atoms with E-state index >= 15 is 0 Å². The molecule has 6 nitrogen and oxygen atoms in total. The van der Waals surface area contributed by atoms with Crippen molar-refractivity contribution in [3.05, 3.63) is 0 Å². The van der Waals surface area contributed by atoms with Gasteiger partial charge in [-0.2, -0.15) is 0 Å². The first kappa shape index (κ1) is 11.8. The zero-order valence-electron chi connectivity index (χ0n) is 9.50. The number of ether oxygens (including phenoxy) is 4. The second-order valence-corrected chi connectivity index (χ2v) is 4.44. The van der Waals surface area contributed by atoms with Crippen LogP contribution in [0.5, 0.6) is 0 Å². The van der Waals surface area contributed by atoms with Gasteiger partial charge in [0.15, 0.2) is 18.2 Å². The normalized spacial score (nSPS) is 41.5. The van der Waals surface area contributed by atoms with Gasteiger partial charge in [0, 0.05) is 6.92 Å². The number of esters is 1. The molecule has 2 saturated heterocycles. The summed E-state index contributed by atoms with van der Waals surface area (Å²) in [6.45, 7) is 4.91. The second-order valence-electron chi connectivity index (χ2n) is 4.44. The third kappa shape index (κ3) is 2.20. The smallest absolute Gasteiger partial charge is 0.303 e. The summed E-state index contributed by atoms with van der Waals surface area (Å²) in [6.07, 6.45) is -2.68. The van der Waals surface area contributed by atoms with Crippen molar-refractivity contribution in [3.63, 3.8) is 0 Å². The monoisotopic (exact) mass is 232 g/mol. The number of hydrogen-bond acceptors (Lipinski definition) is 6. The van der Waals surface area contributed by atoms with Crippen molar-refractivity contribution in [2.45, 2.75) is 51.2 Å². The van der Waals surface area contributed by atoms with Crippen molar-refractivity contribution in [3.8, 4) is 0 Å². The van der Waals surface area contributed by atoms with Gasteiger partial charge < -0.3 is 24.1 Å². The fraction of sp³-hybridized carbons (Fsp3) is 0.900. The van der Waals surface area contributed by atoms with E-state index in [1.807, 2.05) is 0 Å². The van der Waals surface area contributed by atoms with Gasteiger partial charge in [-0.05, 0) is 13.8 Å². The first-order chi connectivity index (χ1) is 7.39. The van der Waals surface area contributed by atoms with Gasteiger partial charge in [0.05, 0.1) is 6.61 Å². The molecule has 0 spiro atoms. The summed E-state index contributed by atoms with van der Waals surface area (Å²) in [4.78, 5) is 10.9. The predicted molar refractivity (Wildman–Crippen MR) is 51.3 cm³/mol. The summed E-state index contributed by atoms with van der Waals surface area (Å²) in [5.74, 6) is -1.21. The Hall–Kier alpha value is -0.690. The van der Waals surface area contributed by atoms with Crippen LogP contribution in [0.3, 0.4) is 0 Å². The van der Waals surface area contributed by atoms with E-state index in [1.165, 1.54) is 6.92 Å². The molecule has 1 unspecified atom stereocenters. The van der Waals surface area contributed by atoms with Crippen molar-refractivity contribution in [2.24, 2.45) is 0 Å². The van der Waals surface area contributed by atoms with Gasteiger partial charge in [-0.25, -0.2) is 0 Å². The molecule has 0 bridgehead atoms. The standard InChI is InChI=1S/C10H16O6/c1-5(11)14-6-4-13-9(12)8-7(6)15-10(2,3)16-8/h6-9,12H,4H2,1-3H3/t6-,7-,8+,9?/m0/s1. The van der Waals surface area contributed by atoms with Crippen LogP contribution < -0.4 is 0 Å². The molecule has 0 aromatic carbocycles. The maximum Gasteiger partial charge on any atom is 0.303 e. The van der Waals surface area contributed by atoms with Crippen molar-refractivity contribution in [2.75, 3.05) is 6.61 Å². The molecule has 2 aliphatic rings. The molecule has 0 saturated carbocycles. The highest BCUT2D eigenvalue weighted by Gasteiger charge is 2.52. The quantitative estimate of drug-likeness (QED) is 0.630. The first-order valence-corrected chi connectivity index (χ1v) is 5.21. The molecule has 0 aromatic heterocycles. The minimum Gasteiger partial charge on any atom is -0.457 e. The summed E-state index contributed by atoms with van der Waals surface area (Å²) >= 11 is 0. The van der Waals surface area contributed by atoms with Gasteiger partial charge in [0.1, 0.15) is 12.2 Å². The van der Waals surface area contributed by atoms with Crippen LogP contribution in [-0.4, -0.2) is 48.1 Å². The van der Waals surface area contributed by atoms with Crippen LogP contribution in [0.1, 0.15) is 20.8 Å². The van der Waals surface area contributed by atoms with Crippen LogP contribution in [0.15, 0.2) is 0 Å². The molecule has 2 rings (SSSR count). The number of aliphatic hydroxyl groups excluding tert-OH is 1. The number of aliphatic hydroxyl groups is 1. The Balaban J connectivity index is 2.11. The Morgan fingerprint density at radius 2 is 2.00 bits per heavy atom. The molecule has 1 N–H and O–H groups in total. The summed E-state index contributed by atoms with van der Waals surface area (Å²) in [6, 6.07) is 0. The van der Waals surface area contributed by atoms with E-state index in [-0.39, 0.29) is 6.61 Å². The third-order valence-electron chi connectivity index (χ3n) is 2.56. The molecule has 2 heterocycles. The number of fused-ring (bicyclic) bond motifs is 1. The van der Waals surface area contributed by atoms with Gasteiger partial charge in [-0.3, -0.25) is 4.79 Å². The number of rotatable bonds is 1. The van der Waals surface area contributed by atoms with E-state index in [1.54, 1.807) is 13.8 Å². The molecule has 2 aliphatic heterocycles. The van der Waals surface area contributed by atoms with Crippen LogP contribution in [0, 0.1) is 0 Å². The lowest BCUT2D eigenvalue weighted by molar-refractivity contribution is -0.231. The Morgan fingerprint density at radius 3 is 2.62 bits per heavy atom. The van der Waals surface area contributed by atoms with Crippen LogP contribution in [0.25, 0.3) is 0 Å². The van der Waals surface area contributed by atoms with Crippen molar-refractivity contribution >= 4 is 5.97 Å². The van der Waals surface area contributed by atoms with Crippen molar-refractivity contribution < 1.29 is 28.8 Å². The molecule has 92 valence electrons. The van der Waals surface area contributed by atoms with Crippen LogP contribution in [0.2, 0.25) is 0 Å². The lowest BCUT2D eigenvalue weighted by atomic mass is 10.1. The topological polar surface area (TPSA) is 74.2 Å². The number of carbonyl (C=O) groups excluding carboxylic acids is 1. The molecule has 0 amide bonds. The molecule has 6 heteroatoms. The highest BCUT2D eigenvalue weighted by Crippen LogP contribution is 2.35. The van der Waals surface area contributed by atoms with E-state index < -0.39 is 36.4 Å². The highest BCUT2D eigenvalue weighted by molar-refractivity contribution is 5.66. The molecule has 4 atom stereocenters. The second kappa shape index (κ2) is 3.96. The maximum absolute atomic E-state index is 10.9. The minimum absolute atomic E-state index is 0.112. The number of carbonyl (C=O) groups is 1. The fourth-order valence-electron chi connectivity index (χ4n) is 2.02. The Kier molecular flexibility index (Phi) is 2.91. The van der Waals surface area contributed by atoms with E-state index in [0.717, 1.165) is 0 Å². The van der Waals surface area contributed by atoms with Gasteiger partial charge in [-0.15, -0.1) is 0 Å². The van der Waals surface area contributed by atoms with E-state index in [2.05, 4.69) is 0 Å². The number of hydrogen-bond donors (Lipinski definition) is 1. The molecule has 2 fully saturated rings. The maximum atomic E-state index is 10.9. The van der Waals surface area contributed by atoms with Gasteiger partial charge in [0.2, 0.25) is 0 Å². The lowest BCUT2D eigenvalue weighted by Crippen LogP contribution is -2.52. The summed E-state index contributed by atoms with van der Waals surface area (Å²) in [7, 11) is 0. The van der Waals surface area contributed by atoms with Gasteiger partial charge in [0.25, 0.3) is 0 Å². The molecule has 0 aliphatic carbocycles. The predicted octanol–water partition coefficient (Wildman–Crippen LogP) is -0.213. The van der Waals surface area contributed by atoms with Gasteiger partial charge >= 0.3 is 5.97 Å². The third-order valence-corrected chi connectivity index (χ3v) is 2.56. The van der Waals surface area contributed by atoms with Crippen LogP contribution in [-0.2, 0) is 23.7 Å². The zero-order chi connectivity index (χ0) is 11.9. The Labute approximate surface area is 93.4 Å². The lowest BCUT2D eigenvalue weighted by Gasteiger charge is -2.33. The summed E-state index contributed by atoms with van der Waals surface area (Å²) < 4.78 is 21.2. The average molecular weight is 232 g/mol. The van der Waals surface area contributed by atoms with Gasteiger partial charge in [-0.1, -0.05) is 0 Å². The summed E-state index contributed by atoms with van der Waals surface area (Å²) in [5, 5.41) is 9.60. The Morgan fingerprint density at radius 1 is 1.38 bits per heavy atom. The first-order valence-electron chi connectivity index (χ1n) is 5.21. The van der Waals surface area contributed by atoms with Crippen molar-refractivity contribution in [1.82, 2.24) is 0 Å². The largest absolute Gasteiger partial charge is 0.457 e. The fourth-order valence-corrected chi connectivity index (χ4v) is 2.02. The van der Waals surface area contributed by atoms with Crippen molar-refractivity contribution in [1.29, 1.82) is 0 Å². The van der Waals surface area contributed by atoms with Crippen LogP contribution >= 0.6 is 0 Å². The minimum atomic E-state index is -1.04. The summed E-state index contributed by atoms with van der Waals surface area (Å²) in [5.41, 5.74) is 0. The molecular formula is C10H16O6.